The molecule has 0 rings (SSSR count). The molecule has 0 amide bonds. The Morgan fingerprint density at radius 2 is 0.559 bits per heavy atom. The van der Waals surface area contributed by atoms with Crippen molar-refractivity contribution in [1.29, 1.82) is 0 Å². The van der Waals surface area contributed by atoms with Crippen LogP contribution in [0.15, 0.2) is 109 Å². The van der Waals surface area contributed by atoms with Crippen LogP contribution in [0.5, 0.6) is 0 Å². The number of phosphoric ester groups is 1. The van der Waals surface area contributed by atoms with Crippen LogP contribution in [0.25, 0.3) is 0 Å². The van der Waals surface area contributed by atoms with Gasteiger partial charge in [0.25, 0.3) is 7.82 Å². The van der Waals surface area contributed by atoms with Crippen LogP contribution in [0.3, 0.4) is 0 Å². The lowest BCUT2D eigenvalue weighted by molar-refractivity contribution is -0.870. The molecule has 0 spiro atoms. The minimum Gasteiger partial charge on any atom is -0.756 e. The molecule has 0 radical (unpaired) electrons. The second kappa shape index (κ2) is 81.7. The zero-order chi connectivity index (χ0) is 74.0. The van der Waals surface area contributed by atoms with Crippen LogP contribution < -0.4 is 4.89 Å². The quantitative estimate of drug-likeness (QED) is 0.0195. The number of nitrogens with zero attached hydrogens (tertiary/aromatic N) is 1. The van der Waals surface area contributed by atoms with Crippen molar-refractivity contribution in [3.63, 3.8) is 0 Å². The Hall–Kier alpha value is -3.33. The van der Waals surface area contributed by atoms with E-state index in [0.717, 1.165) is 89.9 Å². The normalized spacial score (nSPS) is 13.5. The molecule has 10 heteroatoms. The highest BCUT2D eigenvalue weighted by Gasteiger charge is 2.22. The van der Waals surface area contributed by atoms with Gasteiger partial charge in [-0.15, -0.1) is 0 Å². The summed E-state index contributed by atoms with van der Waals surface area (Å²) in [6.07, 6.45) is 117. The molecule has 0 aliphatic rings. The van der Waals surface area contributed by atoms with Crippen molar-refractivity contribution in [2.45, 2.75) is 418 Å². The number of phosphoric acid groups is 1. The van der Waals surface area contributed by atoms with Crippen LogP contribution in [0.4, 0.5) is 0 Å². The number of quaternary nitrogens is 1. The highest BCUT2D eigenvalue weighted by molar-refractivity contribution is 7.45. The van der Waals surface area contributed by atoms with Gasteiger partial charge in [0, 0.05) is 12.8 Å². The fraction of sp³-hybridized carbons (Fsp3) is 0.783. The van der Waals surface area contributed by atoms with Crippen molar-refractivity contribution in [3.05, 3.63) is 109 Å². The predicted octanol–water partition coefficient (Wildman–Crippen LogP) is 28.9. The van der Waals surface area contributed by atoms with Crippen LogP contribution in [-0.2, 0) is 32.7 Å². The number of rotatable bonds is 81. The molecule has 0 aliphatic carbocycles. The van der Waals surface area contributed by atoms with Gasteiger partial charge in [0.05, 0.1) is 27.7 Å². The first-order valence-electron chi connectivity index (χ1n) is 43.6. The summed E-state index contributed by atoms with van der Waals surface area (Å²) in [5, 5.41) is 0. The maximum absolute atomic E-state index is 12.9. The Labute approximate surface area is 633 Å². The number of carbonyl (C=O) groups is 2. The average Bonchev–Trinajstić information content (AvgIpc) is 0.914. The van der Waals surface area contributed by atoms with Crippen molar-refractivity contribution >= 4 is 19.8 Å². The number of hydrogen-bond acceptors (Lipinski definition) is 8. The predicted molar refractivity (Wildman–Crippen MR) is 443 cm³/mol. The molecular weight excluding hydrogens is 1280 g/mol. The zero-order valence-corrected chi connectivity index (χ0v) is 68.7. The number of ether oxygens (including phenoxy) is 2. The van der Waals surface area contributed by atoms with E-state index in [0.29, 0.717) is 17.4 Å². The molecule has 0 saturated heterocycles. The summed E-state index contributed by atoms with van der Waals surface area (Å²) >= 11 is 0. The van der Waals surface area contributed by atoms with E-state index in [-0.39, 0.29) is 32.0 Å². The fourth-order valence-electron chi connectivity index (χ4n) is 12.7. The summed E-state index contributed by atoms with van der Waals surface area (Å²) < 4.78 is 34.5. The van der Waals surface area contributed by atoms with Gasteiger partial charge in [-0.1, -0.05) is 406 Å². The molecule has 0 N–H and O–H groups in total. The Morgan fingerprint density at radius 1 is 0.314 bits per heavy atom. The lowest BCUT2D eigenvalue weighted by atomic mass is 10.0. The highest BCUT2D eigenvalue weighted by atomic mass is 31.2. The van der Waals surface area contributed by atoms with Gasteiger partial charge in [0.1, 0.15) is 19.8 Å². The summed E-state index contributed by atoms with van der Waals surface area (Å²) in [4.78, 5) is 38.3. The third-order valence-corrected chi connectivity index (χ3v) is 20.2. The Bertz CT molecular complexity index is 2100. The Morgan fingerprint density at radius 3 is 0.833 bits per heavy atom. The first-order chi connectivity index (χ1) is 50.0. The lowest BCUT2D eigenvalue weighted by Gasteiger charge is -2.28. The van der Waals surface area contributed by atoms with Gasteiger partial charge in [-0.3, -0.25) is 14.2 Å². The van der Waals surface area contributed by atoms with Gasteiger partial charge in [-0.05, 0) is 103 Å². The third kappa shape index (κ3) is 85.6. The number of hydrogen-bond donors (Lipinski definition) is 0. The number of allylic oxidation sites excluding steroid dienone is 18. The first-order valence-corrected chi connectivity index (χ1v) is 45.1. The van der Waals surface area contributed by atoms with Crippen molar-refractivity contribution in [3.8, 4) is 0 Å². The summed E-state index contributed by atoms with van der Waals surface area (Å²) in [5.74, 6) is -0.815. The van der Waals surface area contributed by atoms with Crippen molar-refractivity contribution < 1.29 is 42.1 Å². The average molecular weight is 1450 g/mol. The zero-order valence-electron chi connectivity index (χ0n) is 67.8. The van der Waals surface area contributed by atoms with Gasteiger partial charge in [0.15, 0.2) is 6.10 Å². The van der Waals surface area contributed by atoms with Crippen LogP contribution in [0.2, 0.25) is 0 Å². The van der Waals surface area contributed by atoms with Gasteiger partial charge in [-0.25, -0.2) is 0 Å². The first kappa shape index (κ1) is 98.7. The molecule has 2 atom stereocenters. The minimum atomic E-state index is -4.65. The van der Waals surface area contributed by atoms with Crippen molar-refractivity contribution in [2.24, 2.45) is 0 Å². The van der Waals surface area contributed by atoms with E-state index >= 15 is 0 Å². The smallest absolute Gasteiger partial charge is 0.306 e. The number of likely N-dealkylation sites (N-methyl/N-ethyl adjacent to an activating group) is 1. The van der Waals surface area contributed by atoms with E-state index in [1.807, 2.05) is 21.1 Å². The molecule has 0 fully saturated rings. The molecule has 0 aliphatic heterocycles. The molecule has 592 valence electrons. The van der Waals surface area contributed by atoms with Crippen LogP contribution in [0.1, 0.15) is 412 Å². The summed E-state index contributed by atoms with van der Waals surface area (Å²) in [5.41, 5.74) is 0. The number of carbonyl (C=O) groups excluding carboxylic acids is 2. The summed E-state index contributed by atoms with van der Waals surface area (Å²) in [6, 6.07) is 0. The van der Waals surface area contributed by atoms with Crippen molar-refractivity contribution in [2.75, 3.05) is 47.5 Å². The van der Waals surface area contributed by atoms with E-state index in [4.69, 9.17) is 18.5 Å². The molecule has 0 aromatic rings. The van der Waals surface area contributed by atoms with Gasteiger partial charge < -0.3 is 27.9 Å². The Kier molecular flexibility index (Phi) is 79.1. The van der Waals surface area contributed by atoms with Crippen LogP contribution >= 0.6 is 7.82 Å². The molecule has 0 aromatic heterocycles. The van der Waals surface area contributed by atoms with Crippen molar-refractivity contribution in [1.82, 2.24) is 0 Å². The third-order valence-electron chi connectivity index (χ3n) is 19.3. The lowest BCUT2D eigenvalue weighted by Crippen LogP contribution is -2.37. The van der Waals surface area contributed by atoms with Crippen LogP contribution in [0, 0.1) is 0 Å². The minimum absolute atomic E-state index is 0.0311. The fourth-order valence-corrected chi connectivity index (χ4v) is 13.4. The molecule has 0 heterocycles. The monoisotopic (exact) mass is 1440 g/mol. The maximum atomic E-state index is 12.9. The van der Waals surface area contributed by atoms with E-state index in [1.165, 1.54) is 289 Å². The van der Waals surface area contributed by atoms with Crippen LogP contribution in [-0.4, -0.2) is 70.0 Å². The Balaban J connectivity index is 3.90. The van der Waals surface area contributed by atoms with E-state index < -0.39 is 26.5 Å². The molecule has 2 unspecified atom stereocenters. The molecular formula is C92H166NO8P. The number of esters is 2. The molecule has 0 aromatic carbocycles. The molecule has 102 heavy (non-hydrogen) atoms. The molecule has 0 bridgehead atoms. The SMILES string of the molecule is CC/C=C\C/C=C\C/C=C\C/C=C\C/C=C\C/C=C\C/C=C\CCCCCCCCCCCCCCCCCCCC(=O)OC(COC(=O)CCCCCCCCCCCCCCCCCCCCCCCCCCCCC/C=C\C/C=C\CCCCCCC)COP(=O)([O-])OCC[N+](C)(C)C. The number of unbranched alkanes of at least 4 members (excludes halogenated alkanes) is 49. The van der Waals surface area contributed by atoms with Gasteiger partial charge in [0.2, 0.25) is 0 Å². The maximum Gasteiger partial charge on any atom is 0.306 e. The van der Waals surface area contributed by atoms with Gasteiger partial charge >= 0.3 is 11.9 Å². The van der Waals surface area contributed by atoms with E-state index in [2.05, 4.69) is 123 Å². The van der Waals surface area contributed by atoms with Gasteiger partial charge in [-0.2, -0.15) is 0 Å². The topological polar surface area (TPSA) is 111 Å². The second-order valence-electron chi connectivity index (χ2n) is 30.5. The summed E-state index contributed by atoms with van der Waals surface area (Å²) in [6.45, 7) is 4.17. The van der Waals surface area contributed by atoms with E-state index in [1.54, 1.807) is 0 Å². The molecule has 0 saturated carbocycles. The summed E-state index contributed by atoms with van der Waals surface area (Å²) in [7, 11) is 1.18. The second-order valence-corrected chi connectivity index (χ2v) is 31.9. The standard InChI is InChI=1S/C92H166NO8P/c1-6-8-10-12-14-16-18-20-22-24-26-28-30-32-34-36-38-40-42-44-46-48-50-52-54-56-58-60-62-64-66-68-70-72-74-76-78-80-82-84-91(94)98-88-90(89-100-102(96,97)99-87-86-93(3,4)5)101-92(95)85-83-81-79-77-75-73-71-69-67-65-63-61-59-57-55-53-51-49-47-45-43-41-39-37-35-33-31-29-27-25-23-21-19-17-15-13-11-9-7-2/h9,11,15,17-18,20-21,23-24,26-27,29,33,35,39,41,45,47,90H,6-8,10,12-14,16,19,22,25,28,30-32,34,36-38,40,42-44,46,48-89H2,1-5H3/b11-9-,17-15-,20-18-,23-21-,26-24-,29-27-,35-33-,41-39-,47-45-. The molecule has 9 nitrogen and oxygen atoms in total. The van der Waals surface area contributed by atoms with E-state index in [9.17, 15) is 19.0 Å². The highest BCUT2D eigenvalue weighted by Crippen LogP contribution is 2.38. The largest absolute Gasteiger partial charge is 0.756 e.